The van der Waals surface area contributed by atoms with Crippen LogP contribution in [0.5, 0.6) is 11.5 Å². The van der Waals surface area contributed by atoms with Crippen LogP contribution >= 0.6 is 0 Å². The number of aromatic nitrogens is 4. The lowest BCUT2D eigenvalue weighted by Crippen LogP contribution is -2.56. The van der Waals surface area contributed by atoms with E-state index in [1.54, 1.807) is 6.07 Å². The number of benzene rings is 1. The number of amides is 1. The van der Waals surface area contributed by atoms with E-state index in [9.17, 15) is 24.7 Å². The fraction of sp³-hybridized carbons (Fsp3) is 0.400. The first-order valence-electron chi connectivity index (χ1n) is 8.66. The van der Waals surface area contributed by atoms with E-state index in [2.05, 4.69) is 20.6 Å². The van der Waals surface area contributed by atoms with Crippen molar-refractivity contribution in [3.63, 3.8) is 0 Å². The maximum absolute atomic E-state index is 12.1. The van der Waals surface area contributed by atoms with Gasteiger partial charge in [-0.05, 0) is 18.1 Å². The number of ether oxygens (including phenoxy) is 1. The highest BCUT2D eigenvalue weighted by Crippen LogP contribution is 2.38. The van der Waals surface area contributed by atoms with Crippen LogP contribution in [0.4, 0.5) is 0 Å². The number of carbonyl (C=O) groups excluding carboxylic acids is 2. The maximum Gasteiger partial charge on any atom is 0.430 e. The molecule has 2 aliphatic heterocycles. The summed E-state index contributed by atoms with van der Waals surface area (Å²) in [6, 6.07) is 3.09. The van der Waals surface area contributed by atoms with Gasteiger partial charge in [0.15, 0.2) is 5.82 Å². The summed E-state index contributed by atoms with van der Waals surface area (Å²) in [5, 5.41) is 44.2. The highest BCUT2D eigenvalue weighted by atomic mass is 16.6. The Morgan fingerprint density at radius 1 is 1.39 bits per heavy atom. The molecule has 12 nitrogen and oxygen atoms in total. The van der Waals surface area contributed by atoms with Gasteiger partial charge in [-0.15, -0.1) is 10.2 Å². The number of H-pyrrole nitrogens is 1. The summed E-state index contributed by atoms with van der Waals surface area (Å²) in [7, 11) is 0. The van der Waals surface area contributed by atoms with Gasteiger partial charge in [-0.1, -0.05) is 17.6 Å². The predicted octanol–water partition coefficient (Wildman–Crippen LogP) is -2.75. The minimum absolute atomic E-state index is 0.00261. The summed E-state index contributed by atoms with van der Waals surface area (Å²) in [5.41, 5.74) is 0.154. The molecule has 0 bridgehead atoms. The minimum atomic E-state index is -3.13. The normalized spacial score (nSPS) is 18.0. The van der Waals surface area contributed by atoms with Gasteiger partial charge in [0.05, 0.1) is 36.8 Å². The summed E-state index contributed by atoms with van der Waals surface area (Å²) >= 11 is 0. The van der Waals surface area contributed by atoms with Crippen LogP contribution < -0.4 is 14.5 Å². The van der Waals surface area contributed by atoms with Crippen LogP contribution in [0, 0.1) is 0 Å². The number of hydrogen-bond acceptors (Lipinski definition) is 10. The molecule has 1 aromatic heterocycles. The Hall–Kier alpha value is -3.19. The van der Waals surface area contributed by atoms with Gasteiger partial charge in [0.1, 0.15) is 11.9 Å². The minimum Gasteiger partial charge on any atom is -0.669 e. The van der Waals surface area contributed by atoms with Gasteiger partial charge >= 0.3 is 6.75 Å². The van der Waals surface area contributed by atoms with Gasteiger partial charge in [-0.25, -0.2) is 0 Å². The molecule has 0 saturated carbocycles. The van der Waals surface area contributed by atoms with E-state index in [1.165, 1.54) is 11.0 Å². The molecule has 2 aliphatic rings. The van der Waals surface area contributed by atoms with Gasteiger partial charge in [0, 0.05) is 0 Å². The Morgan fingerprint density at radius 3 is 2.86 bits per heavy atom. The highest BCUT2D eigenvalue weighted by molar-refractivity contribution is 6.59. The third-order valence-corrected chi connectivity index (χ3v) is 4.69. The zero-order valence-corrected chi connectivity index (χ0v) is 14.6. The van der Waals surface area contributed by atoms with Crippen LogP contribution in [0.15, 0.2) is 12.1 Å². The molecule has 0 unspecified atom stereocenters. The number of carbonyl (C=O) groups is 2. The molecule has 13 heteroatoms. The van der Waals surface area contributed by atoms with Crippen LogP contribution in [-0.2, 0) is 17.6 Å². The molecule has 3 heterocycles. The van der Waals surface area contributed by atoms with E-state index < -0.39 is 18.8 Å². The zero-order chi connectivity index (χ0) is 19.9. The average Bonchev–Trinajstić information content (AvgIpc) is 3.08. The molecule has 3 N–H and O–H groups in total. The summed E-state index contributed by atoms with van der Waals surface area (Å²) in [6.07, 6.45) is -0.200. The van der Waals surface area contributed by atoms with Crippen LogP contribution in [0.1, 0.15) is 21.7 Å². The molecule has 0 spiro atoms. The van der Waals surface area contributed by atoms with E-state index in [4.69, 9.17) is 9.39 Å². The second-order valence-electron chi connectivity index (χ2n) is 6.77. The first-order valence-corrected chi connectivity index (χ1v) is 8.66. The van der Waals surface area contributed by atoms with E-state index in [0.29, 0.717) is 5.56 Å². The molecule has 148 valence electrons. The molecule has 1 amide bonds. The highest BCUT2D eigenvalue weighted by Gasteiger charge is 2.35. The number of tetrazole rings is 1. The Bertz CT molecular complexity index is 914. The molecule has 1 aromatic carbocycles. The summed E-state index contributed by atoms with van der Waals surface area (Å²) in [4.78, 5) is 25.2. The van der Waals surface area contributed by atoms with Crippen molar-refractivity contribution >= 4 is 18.6 Å². The SMILES string of the molecule is O=C([O-])c1c(OC2CN(C(=O)Cc3nn[nH]n3)C2)ccc2c1O[B-](O)(O)CC2. The first-order chi connectivity index (χ1) is 13.3. The van der Waals surface area contributed by atoms with E-state index >= 15 is 0 Å². The molecule has 1 saturated heterocycles. The number of aromatic carboxylic acids is 1. The predicted molar refractivity (Wildman–Crippen MR) is 89.0 cm³/mol. The quantitative estimate of drug-likeness (QED) is 0.455. The molecule has 28 heavy (non-hydrogen) atoms. The zero-order valence-electron chi connectivity index (χ0n) is 14.6. The number of aryl methyl sites for hydroxylation is 1. The van der Waals surface area contributed by atoms with Gasteiger partial charge < -0.3 is 34.2 Å². The largest absolute Gasteiger partial charge is 0.669 e. The third-order valence-electron chi connectivity index (χ3n) is 4.69. The molecule has 4 rings (SSSR count). The van der Waals surface area contributed by atoms with Crippen LogP contribution in [0.2, 0.25) is 6.32 Å². The maximum atomic E-state index is 12.1. The Morgan fingerprint density at radius 2 is 2.18 bits per heavy atom. The van der Waals surface area contributed by atoms with Gasteiger partial charge in [-0.2, -0.15) is 5.21 Å². The topological polar surface area (TPSA) is 174 Å². The van der Waals surface area contributed by atoms with Gasteiger partial charge in [0.25, 0.3) is 0 Å². The number of carboxylic acids is 1. The Labute approximate surface area is 158 Å². The van der Waals surface area contributed by atoms with Crippen molar-refractivity contribution in [2.45, 2.75) is 25.3 Å². The van der Waals surface area contributed by atoms with Crippen LogP contribution in [0.3, 0.4) is 0 Å². The molecule has 2 aromatic rings. The second kappa shape index (κ2) is 6.76. The Kier molecular flexibility index (Phi) is 4.39. The van der Waals surface area contributed by atoms with Crippen molar-refractivity contribution in [3.05, 3.63) is 29.1 Å². The molecule has 0 aliphatic carbocycles. The average molecular weight is 389 g/mol. The van der Waals surface area contributed by atoms with E-state index in [0.717, 1.165) is 0 Å². The lowest BCUT2D eigenvalue weighted by molar-refractivity contribution is -0.255. The number of fused-ring (bicyclic) bond motifs is 1. The van der Waals surface area contributed by atoms with Crippen LogP contribution in [-0.4, -0.2) is 73.4 Å². The summed E-state index contributed by atoms with van der Waals surface area (Å²) in [6.45, 7) is -2.61. The standard InChI is InChI=1S/C15H17BN5O7/c22-12(5-11-17-19-20-18-11)21-6-9(7-21)27-10-2-1-8-3-4-16(25,26)28-14(8)13(10)15(23)24/h1-2,9,25-26H,3-7H2,(H,23,24)(H,17,18,19,20)/q-1/p-1. The summed E-state index contributed by atoms with van der Waals surface area (Å²) in [5.74, 6) is -1.65. The molecule has 1 fully saturated rings. The van der Waals surface area contributed by atoms with E-state index in [1.807, 2.05) is 0 Å². The smallest absolute Gasteiger partial charge is 0.430 e. The number of aromatic amines is 1. The number of rotatable bonds is 5. The Balaban J connectivity index is 1.45. The second-order valence-corrected chi connectivity index (χ2v) is 6.77. The van der Waals surface area contributed by atoms with Crippen molar-refractivity contribution in [2.75, 3.05) is 13.1 Å². The monoisotopic (exact) mass is 389 g/mol. The van der Waals surface area contributed by atoms with Crippen molar-refractivity contribution in [1.29, 1.82) is 0 Å². The molecular formula is C15H16BN5O7-2. The molecule has 0 radical (unpaired) electrons. The van der Waals surface area contributed by atoms with Crippen molar-refractivity contribution in [3.8, 4) is 11.5 Å². The van der Waals surface area contributed by atoms with E-state index in [-0.39, 0.29) is 61.0 Å². The number of nitrogens with one attached hydrogen (secondary N) is 1. The number of carboxylic acid groups (broad SMARTS) is 1. The third kappa shape index (κ3) is 3.49. The van der Waals surface area contributed by atoms with Crippen molar-refractivity contribution < 1.29 is 34.1 Å². The summed E-state index contributed by atoms with van der Waals surface area (Å²) < 4.78 is 10.8. The van der Waals surface area contributed by atoms with Crippen molar-refractivity contribution in [2.24, 2.45) is 0 Å². The van der Waals surface area contributed by atoms with Crippen LogP contribution in [0.25, 0.3) is 0 Å². The van der Waals surface area contributed by atoms with Gasteiger partial charge in [-0.3, -0.25) is 4.79 Å². The molecule has 0 atom stereocenters. The fourth-order valence-electron chi connectivity index (χ4n) is 3.22. The lowest BCUT2D eigenvalue weighted by atomic mass is 9.70. The number of hydrogen-bond donors (Lipinski definition) is 3. The lowest BCUT2D eigenvalue weighted by Gasteiger charge is -2.41. The fourth-order valence-corrected chi connectivity index (χ4v) is 3.22. The van der Waals surface area contributed by atoms with Crippen molar-refractivity contribution in [1.82, 2.24) is 25.5 Å². The first kappa shape index (κ1) is 18.2. The molecular weight excluding hydrogens is 373 g/mol. The number of likely N-dealkylation sites (tertiary alicyclic amines) is 1. The number of nitrogens with zero attached hydrogens (tertiary/aromatic N) is 4. The van der Waals surface area contributed by atoms with Gasteiger partial charge in [0.2, 0.25) is 5.91 Å².